The second-order valence-electron chi connectivity index (χ2n) is 4.81. The first-order valence-electron chi connectivity index (χ1n) is 6.68. The van der Waals surface area contributed by atoms with Gasteiger partial charge in [-0.2, -0.15) is 4.31 Å². The van der Waals surface area contributed by atoms with Crippen LogP contribution in [0.3, 0.4) is 0 Å². The molecule has 1 aliphatic heterocycles. The van der Waals surface area contributed by atoms with Crippen LogP contribution in [0.1, 0.15) is 36.2 Å². The van der Waals surface area contributed by atoms with E-state index in [4.69, 9.17) is 4.74 Å². The van der Waals surface area contributed by atoms with E-state index in [9.17, 15) is 13.2 Å². The van der Waals surface area contributed by atoms with Crippen LogP contribution in [-0.4, -0.2) is 37.4 Å². The molecule has 1 aliphatic rings. The van der Waals surface area contributed by atoms with Gasteiger partial charge in [0.05, 0.1) is 12.4 Å². The minimum absolute atomic E-state index is 0.0430. The van der Waals surface area contributed by atoms with Crippen molar-refractivity contribution in [3.63, 3.8) is 0 Å². The Morgan fingerprint density at radius 1 is 1.40 bits per heavy atom. The molecule has 2 rings (SSSR count). The molecule has 0 unspecified atom stereocenters. The first-order valence-corrected chi connectivity index (χ1v) is 8.29. The molecule has 0 aliphatic carbocycles. The summed E-state index contributed by atoms with van der Waals surface area (Å²) in [5, 5.41) is 0. The van der Waals surface area contributed by atoms with Gasteiger partial charge in [-0.25, -0.2) is 8.42 Å². The number of sulfonamides is 1. The summed E-state index contributed by atoms with van der Waals surface area (Å²) in [5.41, 5.74) is 1.31. The number of nitrogens with zero attached hydrogens (tertiary/aromatic N) is 1. The van der Waals surface area contributed by atoms with Crippen LogP contribution in [0.25, 0.3) is 0 Å². The zero-order valence-corrected chi connectivity index (χ0v) is 12.6. The number of ketones is 1. The first-order chi connectivity index (χ1) is 9.44. The summed E-state index contributed by atoms with van der Waals surface area (Å²) in [4.78, 5) is 11.5. The number of hydrogen-bond donors (Lipinski definition) is 0. The average molecular weight is 297 g/mol. The number of benzene rings is 1. The van der Waals surface area contributed by atoms with E-state index in [1.54, 1.807) is 18.2 Å². The summed E-state index contributed by atoms with van der Waals surface area (Å²) in [5.74, 6) is 0.793. The lowest BCUT2D eigenvalue weighted by Gasteiger charge is -2.17. The molecule has 20 heavy (non-hydrogen) atoms. The highest BCUT2D eigenvalue weighted by atomic mass is 32.2. The van der Waals surface area contributed by atoms with Crippen molar-refractivity contribution in [3.05, 3.63) is 29.3 Å². The van der Waals surface area contributed by atoms with Crippen molar-refractivity contribution in [2.24, 2.45) is 0 Å². The summed E-state index contributed by atoms with van der Waals surface area (Å²) >= 11 is 0. The third kappa shape index (κ3) is 3.19. The van der Waals surface area contributed by atoms with E-state index in [2.05, 4.69) is 0 Å². The normalized spacial score (nSPS) is 18.1. The zero-order valence-electron chi connectivity index (χ0n) is 11.8. The molecule has 1 aromatic rings. The molecule has 1 heterocycles. The fourth-order valence-corrected chi connectivity index (χ4v) is 3.77. The molecule has 1 saturated heterocycles. The number of rotatable bonds is 5. The lowest BCUT2D eigenvalue weighted by molar-refractivity contribution is 0.101. The maximum Gasteiger partial charge on any atom is 0.214 e. The molecule has 1 aromatic carbocycles. The van der Waals surface area contributed by atoms with Crippen LogP contribution in [0.4, 0.5) is 0 Å². The molecule has 0 saturated carbocycles. The lowest BCUT2D eigenvalue weighted by atomic mass is 10.1. The molecule has 5 nitrogen and oxygen atoms in total. The van der Waals surface area contributed by atoms with Crippen LogP contribution in [0.15, 0.2) is 18.2 Å². The maximum absolute atomic E-state index is 11.9. The Kier molecular flexibility index (Phi) is 4.45. The van der Waals surface area contributed by atoms with E-state index in [1.807, 2.05) is 6.92 Å². The molecule has 0 spiro atoms. The third-order valence-electron chi connectivity index (χ3n) is 3.32. The van der Waals surface area contributed by atoms with Crippen LogP contribution in [0.5, 0.6) is 5.75 Å². The van der Waals surface area contributed by atoms with E-state index < -0.39 is 10.0 Å². The Hall–Kier alpha value is -1.40. The number of carbonyl (C=O) groups is 1. The summed E-state index contributed by atoms with van der Waals surface area (Å²) < 4.78 is 30.7. The molecule has 0 atom stereocenters. The highest BCUT2D eigenvalue weighted by Crippen LogP contribution is 2.25. The highest BCUT2D eigenvalue weighted by Gasteiger charge is 2.29. The van der Waals surface area contributed by atoms with Crippen molar-refractivity contribution in [1.29, 1.82) is 0 Å². The Balaban J connectivity index is 2.32. The first kappa shape index (κ1) is 15.0. The molecule has 1 fully saturated rings. The van der Waals surface area contributed by atoms with Crippen molar-refractivity contribution in [1.82, 2.24) is 4.31 Å². The van der Waals surface area contributed by atoms with Gasteiger partial charge < -0.3 is 4.74 Å². The Labute approximate surface area is 119 Å². The molecular weight excluding hydrogens is 278 g/mol. The van der Waals surface area contributed by atoms with E-state index in [-0.39, 0.29) is 18.1 Å². The maximum atomic E-state index is 11.9. The van der Waals surface area contributed by atoms with Gasteiger partial charge in [0.1, 0.15) is 5.75 Å². The van der Waals surface area contributed by atoms with Crippen molar-refractivity contribution in [2.45, 2.75) is 26.8 Å². The molecule has 0 radical (unpaired) electrons. The van der Waals surface area contributed by atoms with Crippen molar-refractivity contribution in [2.75, 3.05) is 18.9 Å². The van der Waals surface area contributed by atoms with E-state index in [0.29, 0.717) is 30.9 Å². The fraction of sp³-hybridized carbons (Fsp3) is 0.500. The van der Waals surface area contributed by atoms with Crippen LogP contribution < -0.4 is 4.74 Å². The van der Waals surface area contributed by atoms with Crippen molar-refractivity contribution >= 4 is 15.8 Å². The van der Waals surface area contributed by atoms with Gasteiger partial charge in [-0.05, 0) is 38.5 Å². The van der Waals surface area contributed by atoms with E-state index in [1.165, 1.54) is 11.2 Å². The molecule has 0 aromatic heterocycles. The summed E-state index contributed by atoms with van der Waals surface area (Å²) in [6.07, 6.45) is 0.651. The Morgan fingerprint density at radius 2 is 2.15 bits per heavy atom. The average Bonchev–Trinajstić information content (AvgIpc) is 2.71. The number of Topliss-reactive ketones (excluding diaryl/α,β-unsaturated/α-hetero) is 1. The topological polar surface area (TPSA) is 63.7 Å². The smallest absolute Gasteiger partial charge is 0.214 e. The van der Waals surface area contributed by atoms with Gasteiger partial charge in [-0.1, -0.05) is 0 Å². The van der Waals surface area contributed by atoms with Crippen LogP contribution >= 0.6 is 0 Å². The van der Waals surface area contributed by atoms with Crippen molar-refractivity contribution < 1.29 is 17.9 Å². The van der Waals surface area contributed by atoms with E-state index >= 15 is 0 Å². The van der Waals surface area contributed by atoms with Crippen LogP contribution in [0, 0.1) is 0 Å². The minimum Gasteiger partial charge on any atom is -0.494 e. The SMILES string of the molecule is CCOc1ccc(C(C)=O)cc1CN1CCCS1(=O)=O. The molecule has 0 amide bonds. The lowest BCUT2D eigenvalue weighted by Crippen LogP contribution is -2.25. The quantitative estimate of drug-likeness (QED) is 0.778. The minimum atomic E-state index is -3.16. The standard InChI is InChI=1S/C14H19NO4S/c1-3-19-14-6-5-12(11(2)16)9-13(14)10-15-7-4-8-20(15,17)18/h5-6,9H,3-4,7-8,10H2,1-2H3. The summed E-state index contributed by atoms with van der Waals surface area (Å²) in [6, 6.07) is 5.16. The van der Waals surface area contributed by atoms with Gasteiger partial charge >= 0.3 is 0 Å². The zero-order chi connectivity index (χ0) is 14.8. The number of ether oxygens (including phenoxy) is 1. The van der Waals surface area contributed by atoms with Crippen molar-refractivity contribution in [3.8, 4) is 5.75 Å². The second kappa shape index (κ2) is 5.93. The van der Waals surface area contributed by atoms with Gasteiger partial charge in [-0.3, -0.25) is 4.79 Å². The van der Waals surface area contributed by atoms with Gasteiger partial charge in [0.15, 0.2) is 5.78 Å². The van der Waals surface area contributed by atoms with Crippen LogP contribution in [0.2, 0.25) is 0 Å². The molecule has 110 valence electrons. The van der Waals surface area contributed by atoms with Crippen LogP contribution in [-0.2, 0) is 16.6 Å². The third-order valence-corrected chi connectivity index (χ3v) is 5.22. The van der Waals surface area contributed by atoms with Gasteiger partial charge in [-0.15, -0.1) is 0 Å². The highest BCUT2D eigenvalue weighted by molar-refractivity contribution is 7.89. The monoisotopic (exact) mass is 297 g/mol. The predicted octanol–water partition coefficient (Wildman–Crippen LogP) is 1.82. The Bertz CT molecular complexity index is 610. The molecule has 0 N–H and O–H groups in total. The van der Waals surface area contributed by atoms with Gasteiger partial charge in [0.25, 0.3) is 0 Å². The second-order valence-corrected chi connectivity index (χ2v) is 6.90. The molecule has 6 heteroatoms. The summed E-state index contributed by atoms with van der Waals surface area (Å²) in [7, 11) is -3.16. The van der Waals surface area contributed by atoms with E-state index in [0.717, 1.165) is 5.56 Å². The molecular formula is C14H19NO4S. The molecule has 0 bridgehead atoms. The van der Waals surface area contributed by atoms with Gasteiger partial charge in [0.2, 0.25) is 10.0 Å². The fourth-order valence-electron chi connectivity index (χ4n) is 2.28. The Morgan fingerprint density at radius 3 is 2.70 bits per heavy atom. The number of hydrogen-bond acceptors (Lipinski definition) is 4. The van der Waals surface area contributed by atoms with Gasteiger partial charge in [0, 0.05) is 24.2 Å². The largest absolute Gasteiger partial charge is 0.494 e. The predicted molar refractivity (Wildman–Crippen MR) is 76.4 cm³/mol. The summed E-state index contributed by atoms with van der Waals surface area (Å²) in [6.45, 7) is 4.65. The number of carbonyl (C=O) groups excluding carboxylic acids is 1.